The normalized spacial score (nSPS) is 18.8. The number of aromatic nitrogens is 3. The highest BCUT2D eigenvalue weighted by atomic mass is 16.5. The minimum absolute atomic E-state index is 0.119. The Morgan fingerprint density at radius 1 is 1.11 bits per heavy atom. The Morgan fingerprint density at radius 2 is 1.94 bits per heavy atom. The zero-order valence-corrected chi connectivity index (χ0v) is 27.4. The van der Waals surface area contributed by atoms with E-state index in [9.17, 15) is 14.4 Å². The Labute approximate surface area is 273 Å². The van der Waals surface area contributed by atoms with Gasteiger partial charge in [0.15, 0.2) is 17.1 Å². The van der Waals surface area contributed by atoms with E-state index < -0.39 is 6.10 Å². The summed E-state index contributed by atoms with van der Waals surface area (Å²) in [6.07, 6.45) is 0.628. The van der Waals surface area contributed by atoms with Crippen LogP contribution in [0, 0.1) is 20.8 Å². The molecule has 0 unspecified atom stereocenters. The number of nitrogens with one attached hydrogen (secondary N) is 1. The second kappa shape index (κ2) is 13.4. The van der Waals surface area contributed by atoms with Crippen LogP contribution in [-0.4, -0.2) is 87.6 Å². The number of benzene rings is 2. The maximum Gasteiger partial charge on any atom is 0.259 e. The fourth-order valence-corrected chi connectivity index (χ4v) is 6.32. The van der Waals surface area contributed by atoms with Crippen LogP contribution in [0.1, 0.15) is 63.1 Å². The summed E-state index contributed by atoms with van der Waals surface area (Å²) in [4.78, 5) is 49.1. The average molecular weight is 641 g/mol. The van der Waals surface area contributed by atoms with Gasteiger partial charge in [-0.2, -0.15) is 5.10 Å². The quantitative estimate of drug-likeness (QED) is 0.351. The first-order valence-electron chi connectivity index (χ1n) is 15.9. The van der Waals surface area contributed by atoms with Gasteiger partial charge in [0.25, 0.3) is 11.8 Å². The minimum atomic E-state index is -0.518. The van der Waals surface area contributed by atoms with Gasteiger partial charge in [0, 0.05) is 36.6 Å². The Hall–Kier alpha value is -4.97. The third-order valence-corrected chi connectivity index (χ3v) is 8.59. The van der Waals surface area contributed by atoms with Gasteiger partial charge in [-0.05, 0) is 75.6 Å². The van der Waals surface area contributed by atoms with Gasteiger partial charge in [-0.25, -0.2) is 9.50 Å². The first kappa shape index (κ1) is 32.0. The average Bonchev–Trinajstić information content (AvgIpc) is 3.39. The predicted molar refractivity (Wildman–Crippen MR) is 174 cm³/mol. The largest absolute Gasteiger partial charge is 0.493 e. The van der Waals surface area contributed by atoms with E-state index in [0.717, 1.165) is 17.0 Å². The molecule has 2 aliphatic rings. The van der Waals surface area contributed by atoms with E-state index in [0.29, 0.717) is 65.6 Å². The van der Waals surface area contributed by atoms with Gasteiger partial charge in [0.2, 0.25) is 5.91 Å². The molecule has 4 bridgehead atoms. The molecule has 4 heterocycles. The number of amides is 3. The summed E-state index contributed by atoms with van der Waals surface area (Å²) in [7, 11) is 1.54. The fourth-order valence-electron chi connectivity index (χ4n) is 6.32. The van der Waals surface area contributed by atoms with Gasteiger partial charge in [-0.3, -0.25) is 14.4 Å². The maximum absolute atomic E-state index is 14.0. The molecule has 2 aliphatic heterocycles. The van der Waals surface area contributed by atoms with Gasteiger partial charge in [-0.1, -0.05) is 19.1 Å². The van der Waals surface area contributed by atoms with Crippen molar-refractivity contribution >= 4 is 23.4 Å². The number of hydrogen-bond acceptors (Lipinski definition) is 8. The summed E-state index contributed by atoms with van der Waals surface area (Å²) in [5.41, 5.74) is 4.52. The molecule has 12 nitrogen and oxygen atoms in total. The summed E-state index contributed by atoms with van der Waals surface area (Å²) in [5.74, 6) is 0.651. The van der Waals surface area contributed by atoms with Crippen molar-refractivity contribution in [2.45, 2.75) is 59.3 Å². The van der Waals surface area contributed by atoms with Crippen molar-refractivity contribution in [2.75, 3.05) is 33.3 Å². The number of hydrogen-bond donors (Lipinski definition) is 1. The van der Waals surface area contributed by atoms with Gasteiger partial charge < -0.3 is 29.3 Å². The molecule has 0 saturated carbocycles. The summed E-state index contributed by atoms with van der Waals surface area (Å²) in [5, 5.41) is 7.71. The van der Waals surface area contributed by atoms with Crippen LogP contribution in [0.4, 0.5) is 0 Å². The molecule has 1 N–H and O–H groups in total. The lowest BCUT2D eigenvalue weighted by Gasteiger charge is -2.39. The zero-order valence-electron chi connectivity index (χ0n) is 27.4. The van der Waals surface area contributed by atoms with E-state index in [1.54, 1.807) is 27.6 Å². The summed E-state index contributed by atoms with van der Waals surface area (Å²) in [6, 6.07) is 14.0. The van der Waals surface area contributed by atoms with Crippen LogP contribution >= 0.6 is 0 Å². The fraction of sp³-hybridized carbons (Fsp3) is 0.400. The number of piperidine rings is 1. The van der Waals surface area contributed by atoms with Crippen molar-refractivity contribution in [1.29, 1.82) is 0 Å². The van der Waals surface area contributed by atoms with E-state index in [1.807, 2.05) is 58.0 Å². The van der Waals surface area contributed by atoms with Crippen LogP contribution in [0.25, 0.3) is 5.65 Å². The maximum atomic E-state index is 14.0. The Balaban J connectivity index is 1.31. The Bertz CT molecular complexity index is 1840. The molecule has 0 aliphatic carbocycles. The van der Waals surface area contributed by atoms with Crippen LogP contribution in [0.2, 0.25) is 0 Å². The highest BCUT2D eigenvalue weighted by Gasteiger charge is 2.36. The Kier molecular flexibility index (Phi) is 9.12. The number of rotatable bonds is 4. The first-order chi connectivity index (χ1) is 22.6. The highest BCUT2D eigenvalue weighted by molar-refractivity contribution is 6.01. The number of likely N-dealkylation sites (tertiary alicyclic amines) is 1. The van der Waals surface area contributed by atoms with Crippen LogP contribution in [0.15, 0.2) is 48.5 Å². The van der Waals surface area contributed by atoms with Crippen LogP contribution in [0.3, 0.4) is 0 Å². The molecule has 2 aromatic heterocycles. The number of carbonyl (C=O) groups excluding carboxylic acids is 3. The number of aryl methyl sites for hydroxylation is 3. The van der Waals surface area contributed by atoms with Crippen LogP contribution in [0.5, 0.6) is 17.2 Å². The molecule has 1 saturated heterocycles. The highest BCUT2D eigenvalue weighted by Crippen LogP contribution is 2.33. The third-order valence-electron chi connectivity index (χ3n) is 8.59. The van der Waals surface area contributed by atoms with Gasteiger partial charge >= 0.3 is 0 Å². The summed E-state index contributed by atoms with van der Waals surface area (Å²) in [6.45, 7) is 8.77. The molecule has 246 valence electrons. The molecule has 2 atom stereocenters. The lowest BCUT2D eigenvalue weighted by atomic mass is 10.00. The van der Waals surface area contributed by atoms with E-state index in [4.69, 9.17) is 14.2 Å². The van der Waals surface area contributed by atoms with Crippen LogP contribution in [-0.2, 0) is 16.1 Å². The third kappa shape index (κ3) is 6.64. The molecule has 2 aromatic carbocycles. The molecule has 3 amide bonds. The van der Waals surface area contributed by atoms with Gasteiger partial charge in [-0.15, -0.1) is 0 Å². The number of nitrogens with zero attached hydrogens (tertiary/aromatic N) is 5. The second-order valence-electron chi connectivity index (χ2n) is 12.1. The van der Waals surface area contributed by atoms with Crippen molar-refractivity contribution in [3.8, 4) is 17.2 Å². The van der Waals surface area contributed by atoms with Crippen molar-refractivity contribution in [3.05, 3.63) is 82.3 Å². The van der Waals surface area contributed by atoms with E-state index >= 15 is 0 Å². The second-order valence-corrected chi connectivity index (χ2v) is 12.1. The van der Waals surface area contributed by atoms with Crippen molar-refractivity contribution in [1.82, 2.24) is 29.7 Å². The van der Waals surface area contributed by atoms with Gasteiger partial charge in [0.05, 0.1) is 38.1 Å². The SMILES string of the molecule is CCCN1CC(=O)N[C@H]2CCN(C(=O)c3c(C)nn4c(C)cc(C)nc34)C[C@@H]2OCc2cccc(c2)Oc2cc(ccc2OC)C1=O. The predicted octanol–water partition coefficient (Wildman–Crippen LogP) is 4.24. The minimum Gasteiger partial charge on any atom is -0.493 e. The van der Waals surface area contributed by atoms with Crippen molar-refractivity contribution < 1.29 is 28.6 Å². The van der Waals surface area contributed by atoms with Crippen LogP contribution < -0.4 is 14.8 Å². The Morgan fingerprint density at radius 3 is 2.72 bits per heavy atom. The lowest BCUT2D eigenvalue weighted by molar-refractivity contribution is -0.124. The summed E-state index contributed by atoms with van der Waals surface area (Å²) < 4.78 is 19.9. The lowest BCUT2D eigenvalue weighted by Crippen LogP contribution is -2.57. The molecule has 0 spiro atoms. The van der Waals surface area contributed by atoms with E-state index in [-0.39, 0.29) is 43.5 Å². The van der Waals surface area contributed by atoms with Gasteiger partial charge in [0.1, 0.15) is 11.3 Å². The molecule has 6 rings (SSSR count). The molecule has 12 heteroatoms. The molecule has 4 aromatic rings. The molecular formula is C35H40N6O6. The molecule has 47 heavy (non-hydrogen) atoms. The topological polar surface area (TPSA) is 128 Å². The number of carbonyl (C=O) groups is 3. The number of fused-ring (bicyclic) bond motifs is 6. The first-order valence-corrected chi connectivity index (χ1v) is 15.9. The van der Waals surface area contributed by atoms with E-state index in [1.165, 1.54) is 12.0 Å². The standard InChI is InChI=1S/C35H40N6O6/c1-6-13-39-19-31(42)37-27-12-14-40(35(44)32-23(4)38-41-22(3)15-21(2)36-33(32)41)18-30(27)46-20-24-8-7-9-26(16-24)47-29-17-25(34(39)43)10-11-28(29)45-5/h7-11,15-17,27,30H,6,12-14,18-20H2,1-5H3,(H,37,42)/t27-,30-/m0/s1. The molecular weight excluding hydrogens is 600 g/mol. The zero-order chi connectivity index (χ0) is 33.2. The van der Waals surface area contributed by atoms with Crippen molar-refractivity contribution in [2.24, 2.45) is 0 Å². The summed E-state index contributed by atoms with van der Waals surface area (Å²) >= 11 is 0. The number of methoxy groups -OCH3 is 1. The molecule has 0 radical (unpaired) electrons. The number of ether oxygens (including phenoxy) is 3. The monoisotopic (exact) mass is 640 g/mol. The molecule has 1 fully saturated rings. The van der Waals surface area contributed by atoms with E-state index in [2.05, 4.69) is 15.4 Å². The smallest absolute Gasteiger partial charge is 0.259 e. The van der Waals surface area contributed by atoms with Crippen molar-refractivity contribution in [3.63, 3.8) is 0 Å².